The minimum Gasteiger partial charge on any atom is -0.261 e. The number of thiophene rings is 1. The molecule has 0 aromatic carbocycles. The van der Waals surface area contributed by atoms with E-state index in [1.54, 1.807) is 11.3 Å². The van der Waals surface area contributed by atoms with Crippen LogP contribution in [0.5, 0.6) is 0 Å². The van der Waals surface area contributed by atoms with E-state index in [4.69, 9.17) is 12.2 Å². The molecule has 0 aliphatic heterocycles. The third-order valence-electron chi connectivity index (χ3n) is 2.13. The monoisotopic (exact) mass is 233 g/mol. The molecule has 2 heterocycles. The van der Waals surface area contributed by atoms with Crippen LogP contribution in [0.2, 0.25) is 0 Å². The molecule has 0 unspecified atom stereocenters. The average molecular weight is 233 g/mol. The zero-order valence-corrected chi connectivity index (χ0v) is 9.85. The van der Waals surface area contributed by atoms with Gasteiger partial charge in [-0.25, -0.2) is 0 Å². The lowest BCUT2D eigenvalue weighted by molar-refractivity contribution is 0.980. The van der Waals surface area contributed by atoms with Gasteiger partial charge in [0.05, 0.1) is 0 Å². The quantitative estimate of drug-likeness (QED) is 0.592. The van der Waals surface area contributed by atoms with E-state index >= 15 is 0 Å². The predicted octanol–water partition coefficient (Wildman–Crippen LogP) is 3.49. The third kappa shape index (κ3) is 2.94. The maximum atomic E-state index is 5.36. The smallest absolute Gasteiger partial charge is 0.0409 e. The first kappa shape index (κ1) is 10.5. The Bertz CT molecular complexity index is 420. The molecule has 2 rings (SSSR count). The van der Waals surface area contributed by atoms with Crippen LogP contribution in [-0.2, 0) is 6.42 Å². The summed E-state index contributed by atoms with van der Waals surface area (Å²) in [5.41, 5.74) is 1.11. The highest BCUT2D eigenvalue weighted by Gasteiger charge is 2.02. The van der Waals surface area contributed by atoms with Crippen LogP contribution in [0.3, 0.4) is 0 Å². The molecule has 15 heavy (non-hydrogen) atoms. The van der Waals surface area contributed by atoms with Crippen molar-refractivity contribution in [1.29, 1.82) is 0 Å². The molecule has 0 saturated carbocycles. The zero-order valence-electron chi connectivity index (χ0n) is 8.22. The lowest BCUT2D eigenvalue weighted by atomic mass is 10.1. The molecule has 76 valence electrons. The van der Waals surface area contributed by atoms with Crippen LogP contribution >= 0.6 is 23.6 Å². The SMILES string of the molecule is S=C(CCc1ccccn1)c1cccs1. The number of aryl methyl sites for hydroxylation is 1. The van der Waals surface area contributed by atoms with Crippen LogP contribution in [0.4, 0.5) is 0 Å². The Balaban J connectivity index is 1.92. The first-order valence-corrected chi connectivity index (χ1v) is 6.11. The van der Waals surface area contributed by atoms with Gasteiger partial charge < -0.3 is 0 Å². The first-order chi connectivity index (χ1) is 7.36. The molecule has 0 bridgehead atoms. The van der Waals surface area contributed by atoms with Crippen molar-refractivity contribution < 1.29 is 0 Å². The second kappa shape index (κ2) is 5.14. The fraction of sp³-hybridized carbons (Fsp3) is 0.167. The Kier molecular flexibility index (Phi) is 3.59. The Morgan fingerprint density at radius 2 is 2.20 bits per heavy atom. The van der Waals surface area contributed by atoms with Crippen molar-refractivity contribution in [3.63, 3.8) is 0 Å². The summed E-state index contributed by atoms with van der Waals surface area (Å²) in [7, 11) is 0. The van der Waals surface area contributed by atoms with E-state index in [9.17, 15) is 0 Å². The minimum absolute atomic E-state index is 0.910. The fourth-order valence-corrected chi connectivity index (χ4v) is 2.36. The Morgan fingerprint density at radius 1 is 1.27 bits per heavy atom. The van der Waals surface area contributed by atoms with E-state index in [1.807, 2.05) is 30.5 Å². The first-order valence-electron chi connectivity index (χ1n) is 4.83. The van der Waals surface area contributed by atoms with Gasteiger partial charge in [0.1, 0.15) is 0 Å². The zero-order chi connectivity index (χ0) is 10.5. The molecule has 0 saturated heterocycles. The number of pyridine rings is 1. The van der Waals surface area contributed by atoms with Crippen LogP contribution in [0.1, 0.15) is 17.0 Å². The molecule has 0 aliphatic carbocycles. The summed E-state index contributed by atoms with van der Waals surface area (Å²) < 4.78 is 0. The average Bonchev–Trinajstić information content (AvgIpc) is 2.81. The van der Waals surface area contributed by atoms with Gasteiger partial charge in [-0.2, -0.15) is 0 Å². The number of aromatic nitrogens is 1. The molecule has 0 radical (unpaired) electrons. The summed E-state index contributed by atoms with van der Waals surface area (Å²) in [6.07, 6.45) is 3.66. The highest BCUT2D eigenvalue weighted by molar-refractivity contribution is 7.81. The van der Waals surface area contributed by atoms with Crippen LogP contribution in [0, 0.1) is 0 Å². The largest absolute Gasteiger partial charge is 0.261 e. The number of hydrogen-bond acceptors (Lipinski definition) is 3. The number of nitrogens with zero attached hydrogens (tertiary/aromatic N) is 1. The molecule has 0 atom stereocenters. The summed E-state index contributed by atoms with van der Waals surface area (Å²) in [5.74, 6) is 0. The maximum absolute atomic E-state index is 5.36. The van der Waals surface area contributed by atoms with E-state index in [0.29, 0.717) is 0 Å². The van der Waals surface area contributed by atoms with E-state index in [-0.39, 0.29) is 0 Å². The summed E-state index contributed by atoms with van der Waals surface area (Å²) in [4.78, 5) is 6.52. The Hall–Kier alpha value is -1.06. The summed E-state index contributed by atoms with van der Waals surface area (Å²) in [6.45, 7) is 0. The second-order valence-electron chi connectivity index (χ2n) is 3.22. The van der Waals surface area contributed by atoms with Gasteiger partial charge in [-0.15, -0.1) is 11.3 Å². The number of thiocarbonyl (C=S) groups is 1. The minimum atomic E-state index is 0.910. The van der Waals surface area contributed by atoms with Crippen molar-refractivity contribution in [2.24, 2.45) is 0 Å². The van der Waals surface area contributed by atoms with Gasteiger partial charge in [0.25, 0.3) is 0 Å². The molecular weight excluding hydrogens is 222 g/mol. The molecular formula is C12H11NS2. The van der Waals surface area contributed by atoms with Gasteiger partial charge in [-0.1, -0.05) is 24.4 Å². The van der Waals surface area contributed by atoms with Crippen molar-refractivity contribution in [2.75, 3.05) is 0 Å². The molecule has 2 aromatic heterocycles. The third-order valence-corrected chi connectivity index (χ3v) is 3.61. The van der Waals surface area contributed by atoms with Crippen LogP contribution in [0.25, 0.3) is 0 Å². The van der Waals surface area contributed by atoms with Crippen LogP contribution in [-0.4, -0.2) is 9.85 Å². The van der Waals surface area contributed by atoms with E-state index in [2.05, 4.69) is 16.4 Å². The normalized spacial score (nSPS) is 10.1. The van der Waals surface area contributed by atoms with Crippen molar-refractivity contribution in [3.05, 3.63) is 52.5 Å². The highest BCUT2D eigenvalue weighted by Crippen LogP contribution is 2.13. The topological polar surface area (TPSA) is 12.9 Å². The Morgan fingerprint density at radius 3 is 2.87 bits per heavy atom. The van der Waals surface area contributed by atoms with Gasteiger partial charge in [-0.3, -0.25) is 4.98 Å². The maximum Gasteiger partial charge on any atom is 0.0409 e. The fourth-order valence-electron chi connectivity index (χ4n) is 1.35. The summed E-state index contributed by atoms with van der Waals surface area (Å²) in [6, 6.07) is 10.1. The molecule has 0 spiro atoms. The van der Waals surface area contributed by atoms with E-state index in [1.165, 1.54) is 4.88 Å². The molecule has 1 nitrogen and oxygen atoms in total. The number of rotatable bonds is 4. The van der Waals surface area contributed by atoms with Gasteiger partial charge in [0, 0.05) is 21.6 Å². The number of hydrogen-bond donors (Lipinski definition) is 0. The van der Waals surface area contributed by atoms with E-state index < -0.39 is 0 Å². The van der Waals surface area contributed by atoms with E-state index in [0.717, 1.165) is 23.4 Å². The van der Waals surface area contributed by atoms with Crippen molar-refractivity contribution in [3.8, 4) is 0 Å². The van der Waals surface area contributed by atoms with Crippen molar-refractivity contribution >= 4 is 28.4 Å². The molecule has 0 amide bonds. The van der Waals surface area contributed by atoms with Crippen molar-refractivity contribution in [2.45, 2.75) is 12.8 Å². The molecule has 0 aliphatic rings. The second-order valence-corrected chi connectivity index (χ2v) is 4.66. The molecule has 0 N–H and O–H groups in total. The molecule has 3 heteroatoms. The van der Waals surface area contributed by atoms with Gasteiger partial charge >= 0.3 is 0 Å². The van der Waals surface area contributed by atoms with Crippen molar-refractivity contribution in [1.82, 2.24) is 4.98 Å². The van der Waals surface area contributed by atoms with Gasteiger partial charge in [0.2, 0.25) is 0 Å². The molecule has 0 fully saturated rings. The Labute approximate surface area is 98.8 Å². The molecule has 2 aromatic rings. The lowest BCUT2D eigenvalue weighted by Crippen LogP contribution is -1.98. The highest BCUT2D eigenvalue weighted by atomic mass is 32.1. The van der Waals surface area contributed by atoms with Crippen LogP contribution < -0.4 is 0 Å². The van der Waals surface area contributed by atoms with Gasteiger partial charge in [0.15, 0.2) is 0 Å². The van der Waals surface area contributed by atoms with Crippen LogP contribution in [0.15, 0.2) is 41.9 Å². The summed E-state index contributed by atoms with van der Waals surface area (Å²) >= 11 is 7.06. The predicted molar refractivity (Wildman–Crippen MR) is 68.6 cm³/mol. The standard InChI is InChI=1S/C12H11NS2/c14-11(12-5-3-9-15-12)7-6-10-4-1-2-8-13-10/h1-5,8-9H,6-7H2. The lowest BCUT2D eigenvalue weighted by Gasteiger charge is -2.00. The summed E-state index contributed by atoms with van der Waals surface area (Å²) in [5, 5.41) is 2.06. The van der Waals surface area contributed by atoms with Gasteiger partial charge in [-0.05, 0) is 36.4 Å².